The van der Waals surface area contributed by atoms with Crippen LogP contribution in [0.3, 0.4) is 0 Å². The number of hydrogen-bond donors (Lipinski definition) is 3. The van der Waals surface area contributed by atoms with Gasteiger partial charge >= 0.3 is 0 Å². The first kappa shape index (κ1) is 21.4. The molecule has 31 heavy (non-hydrogen) atoms. The van der Waals surface area contributed by atoms with Crippen LogP contribution in [-0.4, -0.2) is 61.8 Å². The topological polar surface area (TPSA) is 134 Å². The summed E-state index contributed by atoms with van der Waals surface area (Å²) in [7, 11) is -0.359. The van der Waals surface area contributed by atoms with E-state index in [1.54, 1.807) is 24.4 Å². The Hall–Kier alpha value is -2.81. The summed E-state index contributed by atoms with van der Waals surface area (Å²) < 4.78 is 6.17. The minimum Gasteiger partial charge on any atom is -0.481 e. The van der Waals surface area contributed by atoms with Crippen LogP contribution in [0.15, 0.2) is 35.4 Å². The number of nitrogens with zero attached hydrogens (tertiary/aromatic N) is 4. The van der Waals surface area contributed by atoms with Gasteiger partial charge in [0.05, 0.1) is 18.7 Å². The number of ether oxygens (including phenoxy) is 1. The Kier molecular flexibility index (Phi) is 6.31. The lowest BCUT2D eigenvalue weighted by atomic mass is 9.94. The second-order valence-corrected chi connectivity index (χ2v) is 8.71. The van der Waals surface area contributed by atoms with E-state index in [4.69, 9.17) is 4.74 Å². The predicted molar refractivity (Wildman–Crippen MR) is 117 cm³/mol. The molecular formula is C20H24N5O5P. The van der Waals surface area contributed by atoms with Crippen molar-refractivity contribution in [2.75, 3.05) is 31.3 Å². The Morgan fingerprint density at radius 2 is 2.13 bits per heavy atom. The number of aromatic nitrogens is 4. The maximum atomic E-state index is 13.3. The summed E-state index contributed by atoms with van der Waals surface area (Å²) in [5, 5.41) is 4.94. The van der Waals surface area contributed by atoms with Crippen LogP contribution in [0.4, 0.5) is 5.82 Å². The van der Waals surface area contributed by atoms with Crippen molar-refractivity contribution in [3.63, 3.8) is 0 Å². The van der Waals surface area contributed by atoms with Crippen molar-refractivity contribution >= 4 is 30.9 Å². The van der Waals surface area contributed by atoms with Crippen molar-refractivity contribution in [2.24, 2.45) is 5.92 Å². The van der Waals surface area contributed by atoms with Crippen molar-refractivity contribution in [1.29, 1.82) is 0 Å². The molecule has 0 unspecified atom stereocenters. The van der Waals surface area contributed by atoms with E-state index in [0.717, 1.165) is 23.9 Å². The van der Waals surface area contributed by atoms with Crippen molar-refractivity contribution in [3.8, 4) is 5.88 Å². The lowest BCUT2D eigenvalue weighted by Gasteiger charge is -2.33. The molecule has 164 valence electrons. The van der Waals surface area contributed by atoms with Gasteiger partial charge < -0.3 is 24.4 Å². The number of H-pyrrole nitrogens is 1. The van der Waals surface area contributed by atoms with Crippen LogP contribution in [0.2, 0.25) is 0 Å². The first-order valence-electron chi connectivity index (χ1n) is 10.0. The average Bonchev–Trinajstić information content (AvgIpc) is 3.32. The van der Waals surface area contributed by atoms with Crippen LogP contribution in [0.25, 0.3) is 10.8 Å². The monoisotopic (exact) mass is 445 g/mol. The third-order valence-corrected chi connectivity index (χ3v) is 6.27. The van der Waals surface area contributed by atoms with Crippen LogP contribution in [-0.2, 0) is 0 Å². The molecule has 0 amide bonds. The fourth-order valence-electron chi connectivity index (χ4n) is 3.91. The highest BCUT2D eigenvalue weighted by Crippen LogP contribution is 2.33. The van der Waals surface area contributed by atoms with E-state index in [-0.39, 0.29) is 5.69 Å². The molecule has 1 fully saturated rings. The van der Waals surface area contributed by atoms with Gasteiger partial charge in [0.2, 0.25) is 5.88 Å². The molecule has 0 atom stereocenters. The normalized spacial score (nSPS) is 15.0. The molecule has 4 rings (SSSR count). The van der Waals surface area contributed by atoms with Gasteiger partial charge in [0, 0.05) is 36.9 Å². The molecule has 1 saturated heterocycles. The minimum absolute atomic E-state index is 0.269. The summed E-state index contributed by atoms with van der Waals surface area (Å²) in [5.74, 6) is 0.692. The number of nitrogens with one attached hydrogen (secondary N) is 1. The van der Waals surface area contributed by atoms with Gasteiger partial charge in [-0.15, -0.1) is 0 Å². The molecule has 1 aliphatic heterocycles. The number of hydrogen-bond acceptors (Lipinski definition) is 8. The van der Waals surface area contributed by atoms with E-state index >= 15 is 0 Å². The summed E-state index contributed by atoms with van der Waals surface area (Å²) in [6.45, 7) is 1.34. The molecule has 10 nitrogen and oxygen atoms in total. The van der Waals surface area contributed by atoms with Crippen molar-refractivity contribution in [3.05, 3.63) is 46.6 Å². The largest absolute Gasteiger partial charge is 0.481 e. The molecule has 0 aliphatic carbocycles. The number of pyridine rings is 1. The second-order valence-electron chi connectivity index (χ2n) is 7.52. The van der Waals surface area contributed by atoms with Crippen LogP contribution in [0, 0.1) is 5.92 Å². The van der Waals surface area contributed by atoms with E-state index < -0.39 is 19.8 Å². The van der Waals surface area contributed by atoms with E-state index in [1.807, 2.05) is 4.90 Å². The summed E-state index contributed by atoms with van der Waals surface area (Å²) >= 11 is 0. The number of aromatic amines is 1. The third-order valence-electron chi connectivity index (χ3n) is 5.61. The zero-order chi connectivity index (χ0) is 22.0. The minimum atomic E-state index is -1.87. The van der Waals surface area contributed by atoms with Crippen molar-refractivity contribution < 1.29 is 19.3 Å². The Bertz CT molecular complexity index is 1120. The van der Waals surface area contributed by atoms with Crippen LogP contribution >= 0.6 is 8.38 Å². The molecular weight excluding hydrogens is 421 g/mol. The quantitative estimate of drug-likeness (QED) is 0.489. The van der Waals surface area contributed by atoms with E-state index in [9.17, 15) is 19.4 Å². The number of anilines is 1. The van der Waals surface area contributed by atoms with Gasteiger partial charge in [-0.05, 0) is 37.3 Å². The Balaban J connectivity index is 1.70. The van der Waals surface area contributed by atoms with Gasteiger partial charge in [0.1, 0.15) is 11.5 Å². The van der Waals surface area contributed by atoms with Crippen LogP contribution < -0.4 is 15.2 Å². The van der Waals surface area contributed by atoms with E-state index in [0.29, 0.717) is 47.6 Å². The lowest BCUT2D eigenvalue weighted by molar-refractivity contribution is 0.0935. The summed E-state index contributed by atoms with van der Waals surface area (Å²) in [6.07, 6.45) is 5.97. The second kappa shape index (κ2) is 9.13. The van der Waals surface area contributed by atoms with Gasteiger partial charge in [0.25, 0.3) is 11.5 Å². The Labute approximate surface area is 179 Å². The first-order chi connectivity index (χ1) is 15.0. The molecule has 3 aromatic heterocycles. The van der Waals surface area contributed by atoms with Gasteiger partial charge in [0.15, 0.2) is 8.38 Å². The van der Waals surface area contributed by atoms with Gasteiger partial charge in [-0.25, -0.2) is 0 Å². The zero-order valence-corrected chi connectivity index (χ0v) is 18.0. The SMILES string of the molecule is COc1cc2cnn(C(=O)c3ccc[nH]3)c(=O)c2c(N2CCC(CCP(O)O)CC2)n1. The Morgan fingerprint density at radius 3 is 2.77 bits per heavy atom. The number of methoxy groups -OCH3 is 1. The van der Waals surface area contributed by atoms with Crippen LogP contribution in [0.1, 0.15) is 29.8 Å². The zero-order valence-electron chi connectivity index (χ0n) is 17.1. The summed E-state index contributed by atoms with van der Waals surface area (Å²) in [6, 6.07) is 4.90. The fraction of sp³-hybridized carbons (Fsp3) is 0.400. The van der Waals surface area contributed by atoms with Gasteiger partial charge in [-0.3, -0.25) is 9.59 Å². The molecule has 0 saturated carbocycles. The fourth-order valence-corrected chi connectivity index (χ4v) is 4.51. The molecule has 0 bridgehead atoms. The summed E-state index contributed by atoms with van der Waals surface area (Å²) in [4.78, 5) is 53.7. The number of fused-ring (bicyclic) bond motifs is 1. The molecule has 0 aromatic carbocycles. The molecule has 0 spiro atoms. The number of carbonyl (C=O) groups is 1. The van der Waals surface area contributed by atoms with Gasteiger partial charge in [-0.2, -0.15) is 14.8 Å². The highest BCUT2D eigenvalue weighted by Gasteiger charge is 2.25. The first-order valence-corrected chi connectivity index (χ1v) is 11.5. The average molecular weight is 445 g/mol. The van der Waals surface area contributed by atoms with Crippen molar-refractivity contribution in [1.82, 2.24) is 19.7 Å². The molecule has 3 N–H and O–H groups in total. The molecule has 4 heterocycles. The maximum absolute atomic E-state index is 13.3. The molecule has 11 heteroatoms. The highest BCUT2D eigenvalue weighted by molar-refractivity contribution is 7.45. The predicted octanol–water partition coefficient (Wildman–Crippen LogP) is 1.72. The number of carbonyl (C=O) groups excluding carboxylic acids is 1. The molecule has 1 aliphatic rings. The van der Waals surface area contributed by atoms with Gasteiger partial charge in [-0.1, -0.05) is 0 Å². The third kappa shape index (κ3) is 4.46. The highest BCUT2D eigenvalue weighted by atomic mass is 31.2. The lowest BCUT2D eigenvalue weighted by Crippen LogP contribution is -2.36. The number of piperidine rings is 1. The molecule has 3 aromatic rings. The number of rotatable bonds is 6. The molecule has 0 radical (unpaired) electrons. The van der Waals surface area contributed by atoms with E-state index in [2.05, 4.69) is 15.1 Å². The van der Waals surface area contributed by atoms with Crippen LogP contribution in [0.5, 0.6) is 5.88 Å². The van der Waals surface area contributed by atoms with Crippen molar-refractivity contribution in [2.45, 2.75) is 19.3 Å². The maximum Gasteiger partial charge on any atom is 0.297 e. The Morgan fingerprint density at radius 1 is 1.35 bits per heavy atom. The smallest absolute Gasteiger partial charge is 0.297 e. The standard InChI is InChI=1S/C20H24N5O5P/c1-30-16-11-14-12-22-25(19(26)15-3-2-7-21-15)20(27)17(14)18(23-16)24-8-4-13(5-9-24)6-10-31(28)29/h2-3,7,11-13,21,28-29H,4-6,8-10H2,1H3. The summed E-state index contributed by atoms with van der Waals surface area (Å²) in [5.41, 5.74) is -0.263. The van der Waals surface area contributed by atoms with E-state index in [1.165, 1.54) is 13.3 Å².